The van der Waals surface area contributed by atoms with Crippen molar-refractivity contribution in [2.45, 2.75) is 180 Å². The third-order valence-corrected chi connectivity index (χ3v) is 14.8. The summed E-state index contributed by atoms with van der Waals surface area (Å²) in [6, 6.07) is -1.65. The Labute approximate surface area is 496 Å². The highest BCUT2D eigenvalue weighted by Gasteiger charge is 2.43. The molecule has 11 N–H and O–H groups in total. The molecule has 0 saturated carbocycles. The number of hydrogen-bond acceptors (Lipinski definition) is 18. The quantitative estimate of drug-likeness (QED) is 0.0624. The van der Waals surface area contributed by atoms with Crippen molar-refractivity contribution in [2.75, 3.05) is 39.8 Å². The van der Waals surface area contributed by atoms with Gasteiger partial charge in [0, 0.05) is 39.1 Å². The highest BCUT2D eigenvalue weighted by Crippen LogP contribution is 2.28. The van der Waals surface area contributed by atoms with Gasteiger partial charge in [-0.1, -0.05) is 77.4 Å². The molecule has 8 amide bonds. The lowest BCUT2D eigenvalue weighted by Crippen LogP contribution is -2.62. The number of aliphatic hydroxyl groups is 3. The minimum Gasteiger partial charge on any atom is -0.492 e. The molecule has 13 atom stereocenters. The van der Waals surface area contributed by atoms with Crippen LogP contribution >= 0.6 is 0 Å². The number of amides is 8. The molecule has 1 aliphatic carbocycles. The standard InChI is InChI=1S/C59H89N9O17/c1-13-33(4)45-52(75)67-48-39-20-22-40(23-21-39)84-37(8)59(81,31-60-26-17-27-61-57(80)85-58(9,10)11)25-24-43(70)62-29-44(71)82-30-41(56(79)83-36(7)47(54(77)64-45)66-50(73)34(5)49(72)32(2)3)63-53(76)46(35(6)69)65-51(74)42(68(12)55(48)78)28-38-18-15-14-16-19-38/h14-16,18-20,22,24-25,32-37,41-42,45-49,60,69,72,81H,13,17,21,23,26-31H2,1-12H3,(H,61,80)(H,62,70)(H,63,76)(H,64,77)(H,65,74)(H,66,73)(H,67,75)/b25-24+/t33-,34+,35+,36+,37+,41-,42?,45+,46+,47-,48-,49+,59-/m0/s1. The van der Waals surface area contributed by atoms with E-state index in [1.54, 1.807) is 85.7 Å². The molecular formula is C59H89N9O17. The largest absolute Gasteiger partial charge is 0.492 e. The Morgan fingerprint density at radius 3 is 2.12 bits per heavy atom. The van der Waals surface area contributed by atoms with E-state index in [4.69, 9.17) is 18.9 Å². The molecule has 5 rings (SSSR count). The molecule has 0 radical (unpaired) electrons. The van der Waals surface area contributed by atoms with Crippen LogP contribution in [0.4, 0.5) is 4.79 Å². The number of aliphatic hydroxyl groups excluding tert-OH is 2. The predicted octanol–water partition coefficient (Wildman–Crippen LogP) is -0.0208. The number of allylic oxidation sites excluding steroid dienone is 3. The number of carbonyl (C=O) groups excluding carboxylic acids is 10. The third kappa shape index (κ3) is 21.2. The van der Waals surface area contributed by atoms with Crippen molar-refractivity contribution in [2.24, 2.45) is 17.8 Å². The summed E-state index contributed by atoms with van der Waals surface area (Å²) in [5.74, 6) is -11.1. The molecule has 26 nitrogen and oxygen atoms in total. The second-order valence-electron chi connectivity index (χ2n) is 23.2. The van der Waals surface area contributed by atoms with Crippen LogP contribution in [0.2, 0.25) is 0 Å². The van der Waals surface area contributed by atoms with Crippen molar-refractivity contribution in [3.63, 3.8) is 0 Å². The van der Waals surface area contributed by atoms with Crippen molar-refractivity contribution in [3.8, 4) is 0 Å². The van der Waals surface area contributed by atoms with Crippen molar-refractivity contribution >= 4 is 59.4 Å². The summed E-state index contributed by atoms with van der Waals surface area (Å²) in [6.45, 7) is 15.7. The summed E-state index contributed by atoms with van der Waals surface area (Å²) in [5.41, 5.74) is -1.79. The fourth-order valence-electron chi connectivity index (χ4n) is 9.23. The molecular weight excluding hydrogens is 1110 g/mol. The van der Waals surface area contributed by atoms with Crippen LogP contribution in [0, 0.1) is 17.8 Å². The van der Waals surface area contributed by atoms with Gasteiger partial charge in [-0.25, -0.2) is 9.59 Å². The minimum atomic E-state index is -2.00. The number of hydrogen-bond donors (Lipinski definition) is 11. The van der Waals surface area contributed by atoms with Gasteiger partial charge in [0.05, 0.1) is 23.9 Å². The van der Waals surface area contributed by atoms with E-state index < -0.39 is 162 Å². The number of likely N-dealkylation sites (N-methyl/N-ethyl adjacent to an activating group) is 1. The van der Waals surface area contributed by atoms with E-state index in [9.17, 15) is 53.7 Å². The Hall–Kier alpha value is -7.42. The first kappa shape index (κ1) is 70.1. The van der Waals surface area contributed by atoms with Gasteiger partial charge in [0.2, 0.25) is 41.4 Å². The van der Waals surface area contributed by atoms with E-state index in [1.165, 1.54) is 40.0 Å². The number of cyclic esters (lactones) is 1. The molecule has 0 aromatic heterocycles. The van der Waals surface area contributed by atoms with Gasteiger partial charge in [-0.15, -0.1) is 0 Å². The van der Waals surface area contributed by atoms with Crippen LogP contribution in [-0.2, 0) is 68.5 Å². The fourth-order valence-corrected chi connectivity index (χ4v) is 9.23. The van der Waals surface area contributed by atoms with Crippen LogP contribution < -0.4 is 42.5 Å². The average Bonchev–Trinajstić information content (AvgIpc) is 3.08. The van der Waals surface area contributed by atoms with Crippen molar-refractivity contribution in [1.29, 1.82) is 0 Å². The fraction of sp³-hybridized carbons (Fsp3) is 0.627. The van der Waals surface area contributed by atoms with Crippen molar-refractivity contribution in [3.05, 3.63) is 71.5 Å². The van der Waals surface area contributed by atoms with Crippen LogP contribution in [0.3, 0.4) is 0 Å². The van der Waals surface area contributed by atoms with Gasteiger partial charge in [-0.2, -0.15) is 0 Å². The molecule has 472 valence electrons. The molecule has 1 aromatic rings. The molecule has 3 heterocycles. The number of ether oxygens (including phenoxy) is 4. The van der Waals surface area contributed by atoms with E-state index in [1.807, 2.05) is 0 Å². The lowest BCUT2D eigenvalue weighted by molar-refractivity contribution is -0.160. The van der Waals surface area contributed by atoms with Crippen molar-refractivity contribution < 1.29 is 82.2 Å². The Morgan fingerprint density at radius 1 is 0.847 bits per heavy atom. The minimum absolute atomic E-state index is 0.0253. The van der Waals surface area contributed by atoms with Gasteiger partial charge in [0.15, 0.2) is 6.04 Å². The van der Waals surface area contributed by atoms with Crippen molar-refractivity contribution in [1.82, 2.24) is 47.4 Å². The molecule has 1 saturated heterocycles. The summed E-state index contributed by atoms with van der Waals surface area (Å²) in [5, 5.41) is 55.2. The molecule has 1 fully saturated rings. The maximum Gasteiger partial charge on any atom is 0.407 e. The Balaban J connectivity index is 1.95. The Morgan fingerprint density at radius 2 is 1.51 bits per heavy atom. The van der Waals surface area contributed by atoms with Crippen LogP contribution in [0.25, 0.3) is 0 Å². The smallest absolute Gasteiger partial charge is 0.407 e. The Bertz CT molecular complexity index is 2620. The van der Waals surface area contributed by atoms with Gasteiger partial charge in [0.25, 0.3) is 0 Å². The third-order valence-electron chi connectivity index (χ3n) is 14.8. The highest BCUT2D eigenvalue weighted by molar-refractivity contribution is 5.99. The first-order valence-electron chi connectivity index (χ1n) is 28.8. The molecule has 0 spiro atoms. The van der Waals surface area contributed by atoms with Crippen LogP contribution in [-0.4, -0.2) is 191 Å². The van der Waals surface area contributed by atoms with E-state index in [2.05, 4.69) is 42.5 Å². The summed E-state index contributed by atoms with van der Waals surface area (Å²) in [6.07, 6.45) is -0.509. The molecule has 26 heteroatoms. The summed E-state index contributed by atoms with van der Waals surface area (Å²) < 4.78 is 22.8. The van der Waals surface area contributed by atoms with Gasteiger partial charge < -0.3 is 81.7 Å². The lowest BCUT2D eigenvalue weighted by atomic mass is 9.92. The van der Waals surface area contributed by atoms with Crippen LogP contribution in [0.1, 0.15) is 107 Å². The number of carbonyl (C=O) groups is 10. The van der Waals surface area contributed by atoms with Gasteiger partial charge >= 0.3 is 18.0 Å². The summed E-state index contributed by atoms with van der Waals surface area (Å²) in [4.78, 5) is 143. The van der Waals surface area contributed by atoms with E-state index in [0.717, 1.165) is 17.1 Å². The normalized spacial score (nSPS) is 27.4. The first-order chi connectivity index (χ1) is 39.9. The first-order valence-corrected chi connectivity index (χ1v) is 28.8. The number of alkyl carbamates (subject to hydrolysis) is 1. The molecule has 4 bridgehead atoms. The number of fused-ring (bicyclic) bond motifs is 11. The number of nitrogens with zero attached hydrogens (tertiary/aromatic N) is 1. The van der Waals surface area contributed by atoms with Gasteiger partial charge in [-0.05, 0) is 96.1 Å². The number of rotatable bonds is 15. The van der Waals surface area contributed by atoms with Crippen LogP contribution in [0.5, 0.6) is 0 Å². The Kier molecular flexibility index (Phi) is 26.5. The molecule has 1 unspecified atom stereocenters. The monoisotopic (exact) mass is 1200 g/mol. The van der Waals surface area contributed by atoms with E-state index in [-0.39, 0.29) is 45.3 Å². The molecule has 4 aliphatic rings. The summed E-state index contributed by atoms with van der Waals surface area (Å²) >= 11 is 0. The number of esters is 2. The second kappa shape index (κ2) is 32.2. The highest BCUT2D eigenvalue weighted by atomic mass is 16.6. The van der Waals surface area contributed by atoms with Gasteiger partial charge in [0.1, 0.15) is 66.8 Å². The topological polar surface area (TPSA) is 368 Å². The van der Waals surface area contributed by atoms with Crippen LogP contribution in [0.15, 0.2) is 66.0 Å². The number of nitrogens with one attached hydrogen (secondary N) is 8. The zero-order chi connectivity index (χ0) is 63.5. The predicted molar refractivity (Wildman–Crippen MR) is 309 cm³/mol. The van der Waals surface area contributed by atoms with E-state index in [0.29, 0.717) is 23.3 Å². The average molecular weight is 1200 g/mol. The maximum absolute atomic E-state index is 15.4. The lowest BCUT2D eigenvalue weighted by Gasteiger charge is -2.35. The maximum atomic E-state index is 15.4. The van der Waals surface area contributed by atoms with E-state index >= 15 is 9.59 Å². The number of benzene rings is 1. The zero-order valence-corrected chi connectivity index (χ0v) is 50.8. The second-order valence-corrected chi connectivity index (χ2v) is 23.2. The molecule has 3 aliphatic heterocycles. The summed E-state index contributed by atoms with van der Waals surface area (Å²) in [7, 11) is 1.32. The SMILES string of the molecule is CC[C@H](C)[C@H]1NC(=O)[C@@H](NC(=O)[C@H](C)[C@H](O)C(C)C)[C@@H](C)OC(=O)[C@@H]2COC(=O)CNC(=O)/C=C/[C@](O)(CNCCCNC(=O)OC(C)(C)C)[C@@H](C)OC3=CC=C(CC3)[C@H](NC1=O)C(=O)N(C)C(Cc1ccccc1)C(=O)N[C@H]([C@@H](C)O)C(=O)N2. The van der Waals surface area contributed by atoms with Gasteiger partial charge in [-0.3, -0.25) is 38.4 Å². The molecule has 85 heavy (non-hydrogen) atoms. The molecule has 1 aromatic carbocycles. The zero-order valence-electron chi connectivity index (χ0n) is 50.8.